The molecule has 0 aliphatic rings. The molecule has 74 valence electrons. The Bertz CT molecular complexity index is 471. The van der Waals surface area contributed by atoms with Crippen molar-refractivity contribution in [1.29, 1.82) is 0 Å². The van der Waals surface area contributed by atoms with Gasteiger partial charge < -0.3 is 9.72 Å². The molecule has 0 atom stereocenters. The summed E-state index contributed by atoms with van der Waals surface area (Å²) in [6, 6.07) is 0. The van der Waals surface area contributed by atoms with Gasteiger partial charge in [0.15, 0.2) is 0 Å². The largest absolute Gasteiger partial charge is 0.477 e. The van der Waals surface area contributed by atoms with Gasteiger partial charge in [0.1, 0.15) is 5.65 Å². The van der Waals surface area contributed by atoms with E-state index in [1.165, 1.54) is 0 Å². The van der Waals surface area contributed by atoms with E-state index in [0.29, 0.717) is 18.1 Å². The van der Waals surface area contributed by atoms with Crippen LogP contribution in [0.15, 0.2) is 6.20 Å². The number of halogens is 2. The molecule has 0 amide bonds. The summed E-state index contributed by atoms with van der Waals surface area (Å²) in [4.78, 5) is 11.1. The van der Waals surface area contributed by atoms with E-state index in [4.69, 9.17) is 16.3 Å². The second-order valence-corrected chi connectivity index (χ2v) is 4.09. The average Bonchev–Trinajstić information content (AvgIpc) is 2.48. The normalized spacial score (nSPS) is 10.8. The number of fused-ring (bicyclic) bond motifs is 1. The summed E-state index contributed by atoms with van der Waals surface area (Å²) in [6.45, 7) is 2.46. The zero-order valence-electron chi connectivity index (χ0n) is 7.34. The fourth-order valence-electron chi connectivity index (χ4n) is 1.18. The van der Waals surface area contributed by atoms with Crippen LogP contribution in [-0.4, -0.2) is 21.6 Å². The van der Waals surface area contributed by atoms with Crippen LogP contribution in [0, 0.1) is 3.57 Å². The van der Waals surface area contributed by atoms with Crippen LogP contribution in [0.5, 0.6) is 5.88 Å². The van der Waals surface area contributed by atoms with Crippen molar-refractivity contribution in [3.63, 3.8) is 0 Å². The lowest BCUT2D eigenvalue weighted by Crippen LogP contribution is -1.97. The molecule has 0 saturated carbocycles. The van der Waals surface area contributed by atoms with Crippen LogP contribution in [0.4, 0.5) is 0 Å². The van der Waals surface area contributed by atoms with Gasteiger partial charge in [0, 0.05) is 9.77 Å². The number of ether oxygens (including phenoxy) is 1. The van der Waals surface area contributed by atoms with Crippen LogP contribution in [-0.2, 0) is 0 Å². The molecule has 2 rings (SSSR count). The van der Waals surface area contributed by atoms with E-state index in [0.717, 1.165) is 8.96 Å². The summed E-state index contributed by atoms with van der Waals surface area (Å²) >= 11 is 7.94. The Kier molecular flexibility index (Phi) is 2.78. The van der Waals surface area contributed by atoms with Crippen molar-refractivity contribution < 1.29 is 4.74 Å². The van der Waals surface area contributed by atoms with Gasteiger partial charge in [-0.2, -0.15) is 9.97 Å². The summed E-state index contributed by atoms with van der Waals surface area (Å²) in [5.74, 6) is 0.535. The maximum atomic E-state index is 5.74. The van der Waals surface area contributed by atoms with Gasteiger partial charge in [0.25, 0.3) is 0 Å². The molecule has 14 heavy (non-hydrogen) atoms. The first-order valence-corrected chi connectivity index (χ1v) is 5.51. The summed E-state index contributed by atoms with van der Waals surface area (Å²) in [5.41, 5.74) is 0.706. The predicted molar refractivity (Wildman–Crippen MR) is 62.8 cm³/mol. The minimum absolute atomic E-state index is 0.194. The fourth-order valence-corrected chi connectivity index (χ4v) is 1.98. The molecule has 0 radical (unpaired) electrons. The zero-order valence-corrected chi connectivity index (χ0v) is 10.3. The second kappa shape index (κ2) is 3.90. The van der Waals surface area contributed by atoms with E-state index in [9.17, 15) is 0 Å². The van der Waals surface area contributed by atoms with Gasteiger partial charge in [-0.05, 0) is 41.1 Å². The first-order chi connectivity index (χ1) is 6.72. The third-order valence-electron chi connectivity index (χ3n) is 1.70. The average molecular weight is 324 g/mol. The number of hydrogen-bond donors (Lipinski definition) is 1. The fraction of sp³-hybridized carbons (Fsp3) is 0.250. The highest BCUT2D eigenvalue weighted by Gasteiger charge is 2.11. The molecular weight excluding hydrogens is 316 g/mol. The molecule has 0 unspecified atom stereocenters. The SMILES string of the molecule is CCOc1nc(Cl)nc2[nH]cc(I)c12. The smallest absolute Gasteiger partial charge is 0.228 e. The van der Waals surface area contributed by atoms with Gasteiger partial charge in [-0.15, -0.1) is 0 Å². The Morgan fingerprint density at radius 2 is 2.36 bits per heavy atom. The summed E-state index contributed by atoms with van der Waals surface area (Å²) in [7, 11) is 0. The van der Waals surface area contributed by atoms with Crippen molar-refractivity contribution in [2.24, 2.45) is 0 Å². The van der Waals surface area contributed by atoms with E-state index < -0.39 is 0 Å². The molecule has 0 spiro atoms. The number of aromatic amines is 1. The van der Waals surface area contributed by atoms with Crippen molar-refractivity contribution >= 4 is 45.2 Å². The van der Waals surface area contributed by atoms with Gasteiger partial charge in [-0.25, -0.2) is 0 Å². The van der Waals surface area contributed by atoms with Gasteiger partial charge in [-0.3, -0.25) is 0 Å². The third-order valence-corrected chi connectivity index (χ3v) is 2.72. The second-order valence-electron chi connectivity index (χ2n) is 2.59. The summed E-state index contributed by atoms with van der Waals surface area (Å²) < 4.78 is 6.40. The molecule has 0 saturated heterocycles. The van der Waals surface area contributed by atoms with E-state index in [2.05, 4.69) is 37.5 Å². The molecule has 0 aliphatic carbocycles. The number of nitrogens with one attached hydrogen (secondary N) is 1. The molecule has 4 nitrogen and oxygen atoms in total. The molecule has 0 bridgehead atoms. The molecule has 2 heterocycles. The first-order valence-electron chi connectivity index (χ1n) is 4.05. The van der Waals surface area contributed by atoms with Gasteiger partial charge in [0.2, 0.25) is 11.2 Å². The van der Waals surface area contributed by atoms with E-state index in [-0.39, 0.29) is 5.28 Å². The molecule has 0 fully saturated rings. The lowest BCUT2D eigenvalue weighted by atomic mass is 10.4. The van der Waals surface area contributed by atoms with Crippen molar-refractivity contribution in [3.8, 4) is 5.88 Å². The molecule has 1 N–H and O–H groups in total. The molecule has 2 aromatic rings. The maximum absolute atomic E-state index is 5.74. The number of aromatic nitrogens is 3. The van der Waals surface area contributed by atoms with Crippen molar-refractivity contribution in [1.82, 2.24) is 15.0 Å². The minimum atomic E-state index is 0.194. The Balaban J connectivity index is 2.70. The Labute approximate surface area is 99.2 Å². The monoisotopic (exact) mass is 323 g/mol. The highest BCUT2D eigenvalue weighted by Crippen LogP contribution is 2.28. The number of nitrogens with zero attached hydrogens (tertiary/aromatic N) is 2. The van der Waals surface area contributed by atoms with Crippen LogP contribution >= 0.6 is 34.2 Å². The van der Waals surface area contributed by atoms with E-state index in [1.54, 1.807) is 0 Å². The van der Waals surface area contributed by atoms with Crippen LogP contribution in [0.3, 0.4) is 0 Å². The highest BCUT2D eigenvalue weighted by molar-refractivity contribution is 14.1. The summed E-state index contributed by atoms with van der Waals surface area (Å²) in [5, 5.41) is 1.08. The van der Waals surface area contributed by atoms with Crippen molar-refractivity contribution in [2.45, 2.75) is 6.92 Å². The highest BCUT2D eigenvalue weighted by atomic mass is 127. The van der Waals surface area contributed by atoms with E-state index >= 15 is 0 Å². The van der Waals surface area contributed by atoms with E-state index in [1.807, 2.05) is 13.1 Å². The zero-order chi connectivity index (χ0) is 10.1. The Morgan fingerprint density at radius 3 is 3.07 bits per heavy atom. The minimum Gasteiger partial charge on any atom is -0.477 e. The van der Waals surface area contributed by atoms with Gasteiger partial charge in [-0.1, -0.05) is 0 Å². The standard InChI is InChI=1S/C8H7ClIN3O/c1-2-14-7-5-4(10)3-11-6(5)12-8(9)13-7/h3H,2H2,1H3,(H,11,12,13). The lowest BCUT2D eigenvalue weighted by Gasteiger charge is -2.03. The molecular formula is C8H7ClIN3O. The van der Waals surface area contributed by atoms with Crippen LogP contribution in [0.1, 0.15) is 6.92 Å². The maximum Gasteiger partial charge on any atom is 0.228 e. The number of hydrogen-bond acceptors (Lipinski definition) is 3. The van der Waals surface area contributed by atoms with Crippen LogP contribution in [0.2, 0.25) is 5.28 Å². The number of rotatable bonds is 2. The molecule has 0 aromatic carbocycles. The van der Waals surface area contributed by atoms with Crippen molar-refractivity contribution in [3.05, 3.63) is 15.1 Å². The predicted octanol–water partition coefficient (Wildman–Crippen LogP) is 2.61. The summed E-state index contributed by atoms with van der Waals surface area (Å²) in [6.07, 6.45) is 1.85. The van der Waals surface area contributed by atoms with Gasteiger partial charge >= 0.3 is 0 Å². The molecule has 6 heteroatoms. The Morgan fingerprint density at radius 1 is 1.57 bits per heavy atom. The lowest BCUT2D eigenvalue weighted by molar-refractivity contribution is 0.331. The first kappa shape index (κ1) is 9.97. The number of H-pyrrole nitrogens is 1. The quantitative estimate of drug-likeness (QED) is 0.683. The van der Waals surface area contributed by atoms with Crippen LogP contribution in [0.25, 0.3) is 11.0 Å². The Hall–Kier alpha value is -0.560. The molecule has 0 aliphatic heterocycles. The topological polar surface area (TPSA) is 50.8 Å². The molecule has 2 aromatic heterocycles. The van der Waals surface area contributed by atoms with Gasteiger partial charge in [0.05, 0.1) is 12.0 Å². The third kappa shape index (κ3) is 1.66. The van der Waals surface area contributed by atoms with Crippen molar-refractivity contribution in [2.75, 3.05) is 6.61 Å². The van der Waals surface area contributed by atoms with Crippen LogP contribution < -0.4 is 4.74 Å².